The highest BCUT2D eigenvalue weighted by molar-refractivity contribution is 8.01. The number of fused-ring (bicyclic) bond motifs is 1. The highest BCUT2D eigenvalue weighted by Crippen LogP contribution is 2.28. The Labute approximate surface area is 124 Å². The van der Waals surface area contributed by atoms with E-state index in [1.165, 1.54) is 11.8 Å². The Bertz CT molecular complexity index is 594. The Morgan fingerprint density at radius 3 is 2.90 bits per heavy atom. The van der Waals surface area contributed by atoms with E-state index in [1.807, 2.05) is 24.3 Å². The van der Waals surface area contributed by atoms with Gasteiger partial charge in [-0.25, -0.2) is 4.98 Å². The number of thioether (sulfide) groups is 1. The smallest absolute Gasteiger partial charge is 0.308 e. The van der Waals surface area contributed by atoms with Gasteiger partial charge in [-0.2, -0.15) is 0 Å². The molecule has 20 heavy (non-hydrogen) atoms. The molecule has 106 valence electrons. The second-order valence-corrected chi connectivity index (χ2v) is 6.53. The third kappa shape index (κ3) is 3.94. The lowest BCUT2D eigenvalue weighted by Crippen LogP contribution is -2.32. The molecule has 0 aliphatic rings. The van der Waals surface area contributed by atoms with E-state index in [4.69, 9.17) is 5.11 Å². The van der Waals surface area contributed by atoms with E-state index in [2.05, 4.69) is 10.3 Å². The maximum Gasteiger partial charge on any atom is 0.308 e. The number of carboxylic acid groups (broad SMARTS) is 1. The second-order valence-electron chi connectivity index (χ2n) is 4.28. The maximum absolute atomic E-state index is 11.6. The third-order valence-electron chi connectivity index (χ3n) is 2.63. The Morgan fingerprint density at radius 2 is 2.20 bits per heavy atom. The fourth-order valence-electron chi connectivity index (χ4n) is 1.45. The van der Waals surface area contributed by atoms with Crippen LogP contribution < -0.4 is 5.32 Å². The summed E-state index contributed by atoms with van der Waals surface area (Å²) in [6, 6.07) is 7.81. The van der Waals surface area contributed by atoms with Gasteiger partial charge in [0.1, 0.15) is 0 Å². The van der Waals surface area contributed by atoms with Crippen LogP contribution in [-0.4, -0.2) is 34.3 Å². The molecule has 0 radical (unpaired) electrons. The van der Waals surface area contributed by atoms with Crippen molar-refractivity contribution < 1.29 is 14.7 Å². The van der Waals surface area contributed by atoms with Crippen molar-refractivity contribution in [1.29, 1.82) is 0 Å². The van der Waals surface area contributed by atoms with Gasteiger partial charge in [-0.1, -0.05) is 30.8 Å². The van der Waals surface area contributed by atoms with E-state index in [0.29, 0.717) is 0 Å². The number of hydrogen-bond donors (Lipinski definition) is 2. The Balaban J connectivity index is 1.82. The predicted molar refractivity (Wildman–Crippen MR) is 80.2 cm³/mol. The molecule has 7 heteroatoms. The maximum atomic E-state index is 11.6. The largest absolute Gasteiger partial charge is 0.481 e. The second kappa shape index (κ2) is 6.71. The topological polar surface area (TPSA) is 79.3 Å². The normalized spacial score (nSPS) is 12.2. The number of carbonyl (C=O) groups excluding carboxylic acids is 1. The van der Waals surface area contributed by atoms with E-state index in [9.17, 15) is 9.59 Å². The summed E-state index contributed by atoms with van der Waals surface area (Å²) in [4.78, 5) is 26.7. The summed E-state index contributed by atoms with van der Waals surface area (Å²) in [6.45, 7) is 1.71. The predicted octanol–water partition coefficient (Wildman–Crippen LogP) is 2.23. The van der Waals surface area contributed by atoms with Gasteiger partial charge in [-0.05, 0) is 12.1 Å². The minimum Gasteiger partial charge on any atom is -0.481 e. The van der Waals surface area contributed by atoms with Crippen LogP contribution in [0.25, 0.3) is 10.2 Å². The third-order valence-corrected chi connectivity index (χ3v) is 4.81. The molecule has 2 aromatic rings. The van der Waals surface area contributed by atoms with Gasteiger partial charge in [0.25, 0.3) is 0 Å². The number of rotatable bonds is 6. The van der Waals surface area contributed by atoms with Crippen LogP contribution in [-0.2, 0) is 9.59 Å². The number of hydrogen-bond acceptors (Lipinski definition) is 5. The standard InChI is InChI=1S/C13H14N2O3S2/c1-8(12(17)18)6-14-11(16)7-19-13-15-9-4-2-3-5-10(9)20-13/h2-5,8H,6-7H2,1H3,(H,14,16)(H,17,18). The Kier molecular flexibility index (Phi) is 4.97. The van der Waals surface area contributed by atoms with E-state index in [0.717, 1.165) is 14.6 Å². The van der Waals surface area contributed by atoms with Gasteiger partial charge in [-0.3, -0.25) is 9.59 Å². The summed E-state index contributed by atoms with van der Waals surface area (Å²) in [5.41, 5.74) is 0.930. The zero-order valence-electron chi connectivity index (χ0n) is 10.8. The molecule has 1 atom stereocenters. The molecule has 1 unspecified atom stereocenters. The highest BCUT2D eigenvalue weighted by atomic mass is 32.2. The number of para-hydroxylation sites is 1. The van der Waals surface area contributed by atoms with Crippen LogP contribution in [0.15, 0.2) is 28.6 Å². The fourth-order valence-corrected chi connectivity index (χ4v) is 3.34. The molecule has 1 aromatic heterocycles. The molecular weight excluding hydrogens is 296 g/mol. The molecule has 0 saturated heterocycles. The van der Waals surface area contributed by atoms with E-state index in [-0.39, 0.29) is 18.2 Å². The molecule has 0 spiro atoms. The molecule has 2 N–H and O–H groups in total. The van der Waals surface area contributed by atoms with Gasteiger partial charge < -0.3 is 10.4 Å². The first-order chi connectivity index (χ1) is 9.56. The molecule has 0 saturated carbocycles. The molecule has 2 rings (SSSR count). The van der Waals surface area contributed by atoms with Crippen molar-refractivity contribution in [2.45, 2.75) is 11.3 Å². The van der Waals surface area contributed by atoms with Crippen molar-refractivity contribution in [3.8, 4) is 0 Å². The van der Waals surface area contributed by atoms with Gasteiger partial charge in [0.2, 0.25) is 5.91 Å². The number of carbonyl (C=O) groups is 2. The van der Waals surface area contributed by atoms with Crippen molar-refractivity contribution in [1.82, 2.24) is 10.3 Å². The molecule has 0 fully saturated rings. The zero-order chi connectivity index (χ0) is 14.5. The molecule has 0 bridgehead atoms. The lowest BCUT2D eigenvalue weighted by atomic mass is 10.2. The van der Waals surface area contributed by atoms with E-state index in [1.54, 1.807) is 18.3 Å². The average Bonchev–Trinajstić information content (AvgIpc) is 2.85. The zero-order valence-corrected chi connectivity index (χ0v) is 12.5. The van der Waals surface area contributed by atoms with Gasteiger partial charge >= 0.3 is 5.97 Å². The van der Waals surface area contributed by atoms with Gasteiger partial charge in [0.15, 0.2) is 4.34 Å². The van der Waals surface area contributed by atoms with Crippen molar-refractivity contribution >= 4 is 45.2 Å². The molecule has 1 amide bonds. The van der Waals surface area contributed by atoms with Crippen LogP contribution in [0.4, 0.5) is 0 Å². The fraction of sp³-hybridized carbons (Fsp3) is 0.308. The van der Waals surface area contributed by atoms with Crippen molar-refractivity contribution in [3.05, 3.63) is 24.3 Å². The minimum absolute atomic E-state index is 0.147. The van der Waals surface area contributed by atoms with Gasteiger partial charge in [0, 0.05) is 6.54 Å². The van der Waals surface area contributed by atoms with E-state index >= 15 is 0 Å². The molecule has 5 nitrogen and oxygen atoms in total. The number of nitrogens with one attached hydrogen (secondary N) is 1. The number of thiazole rings is 1. The summed E-state index contributed by atoms with van der Waals surface area (Å²) < 4.78 is 1.93. The van der Waals surface area contributed by atoms with Crippen LogP contribution in [0.2, 0.25) is 0 Å². The number of carboxylic acids is 1. The molecule has 1 aromatic carbocycles. The van der Waals surface area contributed by atoms with Crippen molar-refractivity contribution in [2.24, 2.45) is 5.92 Å². The number of benzene rings is 1. The van der Waals surface area contributed by atoms with Crippen LogP contribution in [0.3, 0.4) is 0 Å². The summed E-state index contributed by atoms with van der Waals surface area (Å²) in [6.07, 6.45) is 0. The molecular formula is C13H14N2O3S2. The summed E-state index contributed by atoms with van der Waals surface area (Å²) in [5, 5.41) is 11.3. The number of nitrogens with zero attached hydrogens (tertiary/aromatic N) is 1. The average molecular weight is 310 g/mol. The minimum atomic E-state index is -0.913. The molecule has 0 aliphatic carbocycles. The first-order valence-electron chi connectivity index (χ1n) is 6.04. The SMILES string of the molecule is CC(CNC(=O)CSc1nc2ccccc2s1)C(=O)O. The van der Waals surface area contributed by atoms with Crippen molar-refractivity contribution in [3.63, 3.8) is 0 Å². The number of aromatic nitrogens is 1. The first kappa shape index (κ1) is 14.8. The summed E-state index contributed by atoms with van der Waals surface area (Å²) in [7, 11) is 0. The lowest BCUT2D eigenvalue weighted by Gasteiger charge is -2.07. The Hall–Kier alpha value is -1.60. The lowest BCUT2D eigenvalue weighted by molar-refractivity contribution is -0.141. The molecule has 0 aliphatic heterocycles. The quantitative estimate of drug-likeness (QED) is 0.800. The first-order valence-corrected chi connectivity index (χ1v) is 7.84. The highest BCUT2D eigenvalue weighted by Gasteiger charge is 2.13. The number of amides is 1. The van der Waals surface area contributed by atoms with Crippen LogP contribution in [0.1, 0.15) is 6.92 Å². The van der Waals surface area contributed by atoms with Crippen LogP contribution in [0, 0.1) is 5.92 Å². The van der Waals surface area contributed by atoms with Crippen LogP contribution >= 0.6 is 23.1 Å². The Morgan fingerprint density at radius 1 is 1.45 bits per heavy atom. The molecule has 1 heterocycles. The number of aliphatic carboxylic acids is 1. The van der Waals surface area contributed by atoms with Crippen LogP contribution in [0.5, 0.6) is 0 Å². The van der Waals surface area contributed by atoms with Crippen molar-refractivity contribution in [2.75, 3.05) is 12.3 Å². The summed E-state index contributed by atoms with van der Waals surface area (Å²) in [5.74, 6) is -1.43. The van der Waals surface area contributed by atoms with Gasteiger partial charge in [-0.15, -0.1) is 11.3 Å². The summed E-state index contributed by atoms with van der Waals surface area (Å²) >= 11 is 2.91. The monoisotopic (exact) mass is 310 g/mol. The van der Waals surface area contributed by atoms with E-state index < -0.39 is 11.9 Å². The van der Waals surface area contributed by atoms with Gasteiger partial charge in [0.05, 0.1) is 21.9 Å².